The van der Waals surface area contributed by atoms with Gasteiger partial charge in [-0.25, -0.2) is 4.98 Å². The monoisotopic (exact) mass is 435 g/mol. The molecular formula is C21H26ClN3OS2. The second-order valence-electron chi connectivity index (χ2n) is 6.92. The molecule has 0 bridgehead atoms. The van der Waals surface area contributed by atoms with Crippen molar-refractivity contribution >= 4 is 56.8 Å². The quantitative estimate of drug-likeness (QED) is 0.488. The van der Waals surface area contributed by atoms with Gasteiger partial charge < -0.3 is 4.90 Å². The maximum Gasteiger partial charge on any atom is 0.239 e. The van der Waals surface area contributed by atoms with E-state index in [1.165, 1.54) is 11.1 Å². The van der Waals surface area contributed by atoms with Crippen molar-refractivity contribution in [1.82, 2.24) is 9.88 Å². The number of anilines is 1. The second kappa shape index (κ2) is 10.3. The summed E-state index contributed by atoms with van der Waals surface area (Å²) >= 11 is 3.17. The maximum absolute atomic E-state index is 13.0. The van der Waals surface area contributed by atoms with Gasteiger partial charge >= 0.3 is 0 Å². The van der Waals surface area contributed by atoms with Gasteiger partial charge in [-0.05, 0) is 57.8 Å². The number of nitrogens with zero attached hydrogens (tertiary/aromatic N) is 3. The number of fused-ring (bicyclic) bond motifs is 1. The molecule has 2 aromatic carbocycles. The van der Waals surface area contributed by atoms with Crippen LogP contribution in [0.3, 0.4) is 0 Å². The molecule has 0 fully saturated rings. The highest BCUT2D eigenvalue weighted by atomic mass is 35.5. The minimum Gasteiger partial charge on any atom is -0.308 e. The van der Waals surface area contributed by atoms with Gasteiger partial charge in [-0.1, -0.05) is 35.1 Å². The summed E-state index contributed by atoms with van der Waals surface area (Å²) in [5.74, 6) is 0.504. The van der Waals surface area contributed by atoms with Gasteiger partial charge in [-0.2, -0.15) is 0 Å². The Kier molecular flexibility index (Phi) is 8.31. The van der Waals surface area contributed by atoms with Gasteiger partial charge in [0.2, 0.25) is 5.91 Å². The molecule has 0 saturated heterocycles. The van der Waals surface area contributed by atoms with Crippen LogP contribution < -0.4 is 4.90 Å². The molecular weight excluding hydrogens is 410 g/mol. The molecule has 0 saturated carbocycles. The number of carbonyl (C=O) groups is 1. The normalized spacial score (nSPS) is 10.9. The predicted octanol–water partition coefficient (Wildman–Crippen LogP) is 5.02. The molecule has 0 unspecified atom stereocenters. The first kappa shape index (κ1) is 22.7. The fraction of sp³-hybridized carbons (Fsp3) is 0.333. The second-order valence-corrected chi connectivity index (χ2v) is 8.98. The molecule has 1 heterocycles. The van der Waals surface area contributed by atoms with E-state index in [0.29, 0.717) is 12.3 Å². The highest BCUT2D eigenvalue weighted by Crippen LogP contribution is 2.30. The Labute approximate surface area is 181 Å². The van der Waals surface area contributed by atoms with Crippen molar-refractivity contribution in [3.63, 3.8) is 0 Å². The summed E-state index contributed by atoms with van der Waals surface area (Å²) in [5.41, 5.74) is 3.39. The predicted molar refractivity (Wildman–Crippen MR) is 124 cm³/mol. The van der Waals surface area contributed by atoms with Crippen LogP contribution in [-0.2, 0) is 4.79 Å². The first-order valence-corrected chi connectivity index (χ1v) is 10.7. The number of thiazole rings is 1. The van der Waals surface area contributed by atoms with Crippen LogP contribution in [0.25, 0.3) is 10.2 Å². The number of benzene rings is 2. The van der Waals surface area contributed by atoms with E-state index in [1.807, 2.05) is 25.1 Å². The lowest BCUT2D eigenvalue weighted by Gasteiger charge is -2.21. The SMILES string of the molecule is Cc1ccc(SCC(=O)N(CCN(C)C)c2nc3ccc(C)cc3s2)cc1.Cl. The summed E-state index contributed by atoms with van der Waals surface area (Å²) in [4.78, 5) is 22.7. The minimum atomic E-state index is 0. The molecule has 0 aliphatic heterocycles. The van der Waals surface area contributed by atoms with Crippen molar-refractivity contribution < 1.29 is 4.79 Å². The molecule has 4 nitrogen and oxygen atoms in total. The number of aromatic nitrogens is 1. The van der Waals surface area contributed by atoms with Crippen molar-refractivity contribution in [3.05, 3.63) is 53.6 Å². The Hall–Kier alpha value is -1.60. The lowest BCUT2D eigenvalue weighted by molar-refractivity contribution is -0.116. The Balaban J connectivity index is 0.00000280. The highest BCUT2D eigenvalue weighted by molar-refractivity contribution is 8.00. The third kappa shape index (κ3) is 5.95. The third-order valence-electron chi connectivity index (χ3n) is 4.22. The number of carbonyl (C=O) groups excluding carboxylic acids is 1. The van der Waals surface area contributed by atoms with E-state index in [1.54, 1.807) is 23.1 Å². The van der Waals surface area contributed by atoms with Crippen molar-refractivity contribution in [2.24, 2.45) is 0 Å². The third-order valence-corrected chi connectivity index (χ3v) is 6.26. The Morgan fingerprint density at radius 1 is 1.04 bits per heavy atom. The van der Waals surface area contributed by atoms with E-state index in [-0.39, 0.29) is 18.3 Å². The molecule has 0 aliphatic carbocycles. The number of likely N-dealkylation sites (N-methyl/N-ethyl adjacent to an activating group) is 1. The maximum atomic E-state index is 13.0. The molecule has 0 atom stereocenters. The van der Waals surface area contributed by atoms with E-state index in [4.69, 9.17) is 4.98 Å². The largest absolute Gasteiger partial charge is 0.308 e. The number of halogens is 1. The van der Waals surface area contributed by atoms with E-state index in [9.17, 15) is 4.79 Å². The average molecular weight is 436 g/mol. The van der Waals surface area contributed by atoms with E-state index in [2.05, 4.69) is 55.1 Å². The molecule has 28 heavy (non-hydrogen) atoms. The van der Waals surface area contributed by atoms with Gasteiger partial charge in [0.1, 0.15) is 0 Å². The van der Waals surface area contributed by atoms with Gasteiger partial charge in [0.05, 0.1) is 16.0 Å². The molecule has 0 aliphatic rings. The summed E-state index contributed by atoms with van der Waals surface area (Å²) in [6, 6.07) is 14.5. The topological polar surface area (TPSA) is 36.4 Å². The lowest BCUT2D eigenvalue weighted by atomic mass is 10.2. The van der Waals surface area contributed by atoms with E-state index >= 15 is 0 Å². The van der Waals surface area contributed by atoms with Gasteiger partial charge in [0.15, 0.2) is 5.13 Å². The number of hydrogen-bond acceptors (Lipinski definition) is 5. The first-order valence-electron chi connectivity index (χ1n) is 8.94. The molecule has 0 radical (unpaired) electrons. The number of hydrogen-bond donors (Lipinski definition) is 0. The number of aryl methyl sites for hydroxylation is 2. The highest BCUT2D eigenvalue weighted by Gasteiger charge is 2.20. The van der Waals surface area contributed by atoms with Gasteiger partial charge in [0, 0.05) is 18.0 Å². The molecule has 3 aromatic rings. The number of amides is 1. The average Bonchev–Trinajstić information content (AvgIpc) is 3.03. The van der Waals surface area contributed by atoms with Crippen molar-refractivity contribution in [3.8, 4) is 0 Å². The van der Waals surface area contributed by atoms with Crippen molar-refractivity contribution in [2.75, 3.05) is 37.8 Å². The van der Waals surface area contributed by atoms with E-state index in [0.717, 1.165) is 26.8 Å². The summed E-state index contributed by atoms with van der Waals surface area (Å²) in [7, 11) is 4.04. The van der Waals surface area contributed by atoms with Crippen LogP contribution in [-0.4, -0.2) is 48.7 Å². The Morgan fingerprint density at radius 2 is 1.71 bits per heavy atom. The molecule has 0 spiro atoms. The summed E-state index contributed by atoms with van der Waals surface area (Å²) in [6.07, 6.45) is 0. The molecule has 0 N–H and O–H groups in total. The standard InChI is InChI=1S/C21H25N3OS2.ClH/c1-15-5-8-17(9-6-15)26-14-20(25)24(12-11-23(3)4)21-22-18-10-7-16(2)13-19(18)27-21;/h5-10,13H,11-12,14H2,1-4H3;1H. The van der Waals surface area contributed by atoms with Crippen LogP contribution >= 0.6 is 35.5 Å². The summed E-state index contributed by atoms with van der Waals surface area (Å²) < 4.78 is 1.12. The van der Waals surface area contributed by atoms with Gasteiger partial charge in [0.25, 0.3) is 0 Å². The molecule has 150 valence electrons. The zero-order chi connectivity index (χ0) is 19.4. The fourth-order valence-corrected chi connectivity index (χ4v) is 4.50. The lowest BCUT2D eigenvalue weighted by Crippen LogP contribution is -2.37. The van der Waals surface area contributed by atoms with Crippen LogP contribution in [0.15, 0.2) is 47.4 Å². The van der Waals surface area contributed by atoms with E-state index < -0.39 is 0 Å². The molecule has 3 rings (SSSR count). The number of rotatable bonds is 7. The van der Waals surface area contributed by atoms with Crippen LogP contribution in [0.5, 0.6) is 0 Å². The van der Waals surface area contributed by atoms with Gasteiger partial charge in [-0.3, -0.25) is 9.69 Å². The zero-order valence-corrected chi connectivity index (χ0v) is 19.1. The molecule has 1 amide bonds. The summed E-state index contributed by atoms with van der Waals surface area (Å²) in [5, 5.41) is 0.784. The Bertz CT molecular complexity index is 925. The van der Waals surface area contributed by atoms with Crippen molar-refractivity contribution in [2.45, 2.75) is 18.7 Å². The van der Waals surface area contributed by atoms with Crippen LogP contribution in [0.1, 0.15) is 11.1 Å². The van der Waals surface area contributed by atoms with Crippen LogP contribution in [0.2, 0.25) is 0 Å². The van der Waals surface area contributed by atoms with Gasteiger partial charge in [-0.15, -0.1) is 24.2 Å². The molecule has 1 aromatic heterocycles. The smallest absolute Gasteiger partial charge is 0.239 e. The molecule has 7 heteroatoms. The van der Waals surface area contributed by atoms with Crippen LogP contribution in [0.4, 0.5) is 5.13 Å². The fourth-order valence-electron chi connectivity index (χ4n) is 2.62. The zero-order valence-electron chi connectivity index (χ0n) is 16.6. The summed E-state index contributed by atoms with van der Waals surface area (Å²) in [6.45, 7) is 5.58. The first-order chi connectivity index (χ1) is 12.9. The minimum absolute atomic E-state index is 0. The Morgan fingerprint density at radius 3 is 2.39 bits per heavy atom. The van der Waals surface area contributed by atoms with Crippen LogP contribution in [0, 0.1) is 13.8 Å². The number of thioether (sulfide) groups is 1. The van der Waals surface area contributed by atoms with Crippen molar-refractivity contribution in [1.29, 1.82) is 0 Å².